The molecular formula is C25H22F3N3O2. The predicted molar refractivity (Wildman–Crippen MR) is 120 cm³/mol. The van der Waals surface area contributed by atoms with E-state index in [9.17, 15) is 23.1 Å². The minimum Gasteiger partial charge on any atom is -0.370 e. The first-order valence-corrected chi connectivity index (χ1v) is 10.4. The van der Waals surface area contributed by atoms with Crippen molar-refractivity contribution < 1.29 is 23.1 Å². The fourth-order valence-electron chi connectivity index (χ4n) is 3.80. The van der Waals surface area contributed by atoms with Gasteiger partial charge in [0.15, 0.2) is 5.82 Å². The van der Waals surface area contributed by atoms with Crippen molar-refractivity contribution in [2.45, 2.75) is 32.2 Å². The first-order valence-electron chi connectivity index (χ1n) is 10.4. The summed E-state index contributed by atoms with van der Waals surface area (Å²) in [5.74, 6) is -0.949. The maximum absolute atomic E-state index is 14.2. The van der Waals surface area contributed by atoms with Crippen molar-refractivity contribution in [1.82, 2.24) is 9.55 Å². The van der Waals surface area contributed by atoms with Gasteiger partial charge in [-0.2, -0.15) is 13.2 Å². The van der Waals surface area contributed by atoms with Crippen LogP contribution in [0.2, 0.25) is 0 Å². The number of nitrogens with zero attached hydrogens (tertiary/aromatic N) is 2. The van der Waals surface area contributed by atoms with Gasteiger partial charge in [-0.05, 0) is 44.2 Å². The fourth-order valence-corrected chi connectivity index (χ4v) is 3.80. The zero-order chi connectivity index (χ0) is 23.8. The predicted octanol–water partition coefficient (Wildman–Crippen LogP) is 5.42. The largest absolute Gasteiger partial charge is 0.428 e. The second kappa shape index (κ2) is 8.37. The quantitative estimate of drug-likeness (QED) is 0.424. The highest BCUT2D eigenvalue weighted by molar-refractivity contribution is 6.06. The standard InChI is InChI=1S/C25H22F3N3O2/c1-3-31-21-15-17(22(32)29-19-12-9-16(2)10-13-19)11-14-20(21)30-23(31)24(33,25(26,27)28)18-7-5-4-6-8-18/h4-15,33H,3H2,1-2H3,(H,29,32). The Morgan fingerprint density at radius 1 is 1.03 bits per heavy atom. The molecule has 0 aliphatic heterocycles. The number of aromatic nitrogens is 2. The van der Waals surface area contributed by atoms with Crippen LogP contribution >= 0.6 is 0 Å². The maximum atomic E-state index is 14.2. The highest BCUT2D eigenvalue weighted by Gasteiger charge is 2.59. The number of imidazole rings is 1. The number of benzene rings is 3. The Bertz CT molecular complexity index is 1300. The van der Waals surface area contributed by atoms with Gasteiger partial charge >= 0.3 is 6.18 Å². The summed E-state index contributed by atoms with van der Waals surface area (Å²) in [5.41, 5.74) is -1.16. The summed E-state index contributed by atoms with van der Waals surface area (Å²) < 4.78 is 44.0. The molecule has 1 atom stereocenters. The van der Waals surface area contributed by atoms with Crippen molar-refractivity contribution in [3.8, 4) is 0 Å². The summed E-state index contributed by atoms with van der Waals surface area (Å²) >= 11 is 0. The van der Waals surface area contributed by atoms with E-state index >= 15 is 0 Å². The number of aliphatic hydroxyl groups is 1. The Balaban J connectivity index is 1.81. The molecular weight excluding hydrogens is 431 g/mol. The molecule has 1 aromatic heterocycles. The molecule has 0 aliphatic carbocycles. The van der Waals surface area contributed by atoms with E-state index in [1.165, 1.54) is 47.0 Å². The number of carbonyl (C=O) groups is 1. The van der Waals surface area contributed by atoms with Crippen molar-refractivity contribution in [3.05, 3.63) is 95.3 Å². The molecule has 1 heterocycles. The molecule has 0 radical (unpaired) electrons. The van der Waals surface area contributed by atoms with Crippen LogP contribution in [0.3, 0.4) is 0 Å². The van der Waals surface area contributed by atoms with Crippen LogP contribution in [-0.2, 0) is 12.1 Å². The average molecular weight is 453 g/mol. The van der Waals surface area contributed by atoms with Crippen LogP contribution in [0.5, 0.6) is 0 Å². The fraction of sp³-hybridized carbons (Fsp3) is 0.200. The number of fused-ring (bicyclic) bond motifs is 1. The molecule has 0 saturated heterocycles. The lowest BCUT2D eigenvalue weighted by atomic mass is 9.92. The molecule has 1 unspecified atom stereocenters. The smallest absolute Gasteiger partial charge is 0.370 e. The Morgan fingerprint density at radius 3 is 2.30 bits per heavy atom. The van der Waals surface area contributed by atoms with Gasteiger partial charge in [-0.15, -0.1) is 0 Å². The Morgan fingerprint density at radius 2 is 1.70 bits per heavy atom. The maximum Gasteiger partial charge on any atom is 0.428 e. The SMILES string of the molecule is CCn1c(C(O)(c2ccccc2)C(F)(F)F)nc2ccc(C(=O)Nc3ccc(C)cc3)cc21. The zero-order valence-electron chi connectivity index (χ0n) is 18.0. The van der Waals surface area contributed by atoms with Gasteiger partial charge in [0.25, 0.3) is 5.91 Å². The molecule has 0 aliphatic rings. The zero-order valence-corrected chi connectivity index (χ0v) is 18.0. The van der Waals surface area contributed by atoms with E-state index in [1.54, 1.807) is 25.1 Å². The Kier molecular flexibility index (Phi) is 5.71. The van der Waals surface area contributed by atoms with Gasteiger partial charge in [-0.1, -0.05) is 48.0 Å². The Labute approximate surface area is 188 Å². The summed E-state index contributed by atoms with van der Waals surface area (Å²) in [6.45, 7) is 3.70. The van der Waals surface area contributed by atoms with Crippen molar-refractivity contribution in [3.63, 3.8) is 0 Å². The van der Waals surface area contributed by atoms with Crippen molar-refractivity contribution in [2.75, 3.05) is 5.32 Å². The lowest BCUT2D eigenvalue weighted by Gasteiger charge is -2.30. The topological polar surface area (TPSA) is 67.1 Å². The van der Waals surface area contributed by atoms with Gasteiger partial charge < -0.3 is 15.0 Å². The third-order valence-electron chi connectivity index (χ3n) is 5.56. The second-order valence-electron chi connectivity index (χ2n) is 7.78. The molecule has 0 saturated carbocycles. The van der Waals surface area contributed by atoms with E-state index in [0.717, 1.165) is 5.56 Å². The molecule has 0 bridgehead atoms. The van der Waals surface area contributed by atoms with Crippen LogP contribution in [0.15, 0.2) is 72.8 Å². The highest BCUT2D eigenvalue weighted by Crippen LogP contribution is 2.44. The van der Waals surface area contributed by atoms with Crippen LogP contribution in [0.4, 0.5) is 18.9 Å². The molecule has 8 heteroatoms. The molecule has 4 aromatic rings. The molecule has 5 nitrogen and oxygen atoms in total. The number of halogens is 3. The van der Waals surface area contributed by atoms with E-state index < -0.39 is 23.5 Å². The van der Waals surface area contributed by atoms with Crippen LogP contribution in [0.1, 0.15) is 34.2 Å². The Hall–Kier alpha value is -3.65. The number of carbonyl (C=O) groups excluding carboxylic acids is 1. The summed E-state index contributed by atoms with van der Waals surface area (Å²) in [6.07, 6.45) is -5.02. The van der Waals surface area contributed by atoms with Crippen LogP contribution in [0, 0.1) is 6.92 Å². The summed E-state index contributed by atoms with van der Waals surface area (Å²) in [7, 11) is 0. The van der Waals surface area contributed by atoms with Crippen LogP contribution in [-0.4, -0.2) is 26.7 Å². The molecule has 1 amide bonds. The molecule has 4 rings (SSSR count). The van der Waals surface area contributed by atoms with Gasteiger partial charge in [0.1, 0.15) is 0 Å². The first-order chi connectivity index (χ1) is 15.6. The second-order valence-corrected chi connectivity index (χ2v) is 7.78. The molecule has 3 aromatic carbocycles. The van der Waals surface area contributed by atoms with Crippen molar-refractivity contribution >= 4 is 22.6 Å². The number of hydrogen-bond acceptors (Lipinski definition) is 3. The van der Waals surface area contributed by atoms with Crippen LogP contribution < -0.4 is 5.32 Å². The minimum atomic E-state index is -5.02. The average Bonchev–Trinajstić information content (AvgIpc) is 3.18. The monoisotopic (exact) mass is 453 g/mol. The molecule has 33 heavy (non-hydrogen) atoms. The number of nitrogens with one attached hydrogen (secondary N) is 1. The molecule has 2 N–H and O–H groups in total. The number of alkyl halides is 3. The van der Waals surface area contributed by atoms with E-state index in [2.05, 4.69) is 10.3 Å². The summed E-state index contributed by atoms with van der Waals surface area (Å²) in [5, 5.41) is 13.8. The van der Waals surface area contributed by atoms with Gasteiger partial charge in [0.05, 0.1) is 11.0 Å². The summed E-state index contributed by atoms with van der Waals surface area (Å²) in [4.78, 5) is 16.9. The van der Waals surface area contributed by atoms with Gasteiger partial charge in [0.2, 0.25) is 5.60 Å². The first kappa shape index (κ1) is 22.5. The van der Waals surface area contributed by atoms with Crippen molar-refractivity contribution in [1.29, 1.82) is 0 Å². The van der Waals surface area contributed by atoms with E-state index in [1.807, 2.05) is 19.1 Å². The molecule has 170 valence electrons. The van der Waals surface area contributed by atoms with E-state index in [-0.39, 0.29) is 23.2 Å². The van der Waals surface area contributed by atoms with Gasteiger partial charge in [-0.25, -0.2) is 4.98 Å². The summed E-state index contributed by atoms with van der Waals surface area (Å²) in [6, 6.07) is 18.6. The van der Waals surface area contributed by atoms with E-state index in [4.69, 9.17) is 0 Å². The number of hydrogen-bond donors (Lipinski definition) is 2. The normalized spacial score (nSPS) is 13.6. The van der Waals surface area contributed by atoms with Gasteiger partial charge in [0, 0.05) is 23.4 Å². The highest BCUT2D eigenvalue weighted by atomic mass is 19.4. The lowest BCUT2D eigenvalue weighted by Crippen LogP contribution is -2.45. The third kappa shape index (κ3) is 3.98. The number of amides is 1. The number of anilines is 1. The minimum absolute atomic E-state index is 0.111. The van der Waals surface area contributed by atoms with E-state index in [0.29, 0.717) is 11.2 Å². The number of rotatable bonds is 5. The number of aryl methyl sites for hydroxylation is 2. The molecule has 0 spiro atoms. The van der Waals surface area contributed by atoms with Crippen LogP contribution in [0.25, 0.3) is 11.0 Å². The third-order valence-corrected chi connectivity index (χ3v) is 5.56. The lowest BCUT2D eigenvalue weighted by molar-refractivity contribution is -0.252. The van der Waals surface area contributed by atoms with Crippen molar-refractivity contribution in [2.24, 2.45) is 0 Å². The molecule has 0 fully saturated rings. The van der Waals surface area contributed by atoms with Gasteiger partial charge in [-0.3, -0.25) is 4.79 Å².